The van der Waals surface area contributed by atoms with Gasteiger partial charge in [0, 0.05) is 29.4 Å². The quantitative estimate of drug-likeness (QED) is 0.899. The maximum atomic E-state index is 4.73. The first-order chi connectivity index (χ1) is 8.58. The molecule has 19 heavy (non-hydrogen) atoms. The Morgan fingerprint density at radius 3 is 2.32 bits per heavy atom. The molecule has 0 fully saturated rings. The zero-order chi connectivity index (χ0) is 14.7. The minimum absolute atomic E-state index is 0.154. The van der Waals surface area contributed by atoms with Crippen molar-refractivity contribution in [2.45, 2.75) is 59.0 Å². The van der Waals surface area contributed by atoms with Gasteiger partial charge in [0.2, 0.25) is 0 Å². The van der Waals surface area contributed by atoms with Crippen molar-refractivity contribution in [1.82, 2.24) is 15.2 Å². The van der Waals surface area contributed by atoms with Crippen LogP contribution in [0.2, 0.25) is 0 Å². The number of thiazole rings is 1. The van der Waals surface area contributed by atoms with Crippen LogP contribution in [0.25, 0.3) is 0 Å². The van der Waals surface area contributed by atoms with Crippen molar-refractivity contribution in [1.29, 1.82) is 0 Å². The molecule has 0 aliphatic carbocycles. The molecule has 1 heterocycles. The van der Waals surface area contributed by atoms with Crippen molar-refractivity contribution in [3.63, 3.8) is 0 Å². The van der Waals surface area contributed by atoms with Crippen LogP contribution in [0.3, 0.4) is 0 Å². The highest BCUT2D eigenvalue weighted by Crippen LogP contribution is 2.24. The maximum absolute atomic E-state index is 4.73. The Hall–Kier alpha value is -0.450. The molecule has 0 radical (unpaired) electrons. The van der Waals surface area contributed by atoms with E-state index in [-0.39, 0.29) is 11.0 Å². The van der Waals surface area contributed by atoms with Gasteiger partial charge >= 0.3 is 0 Å². The number of hydrogen-bond donors (Lipinski definition) is 1. The number of nitrogens with zero attached hydrogens (tertiary/aromatic N) is 2. The summed E-state index contributed by atoms with van der Waals surface area (Å²) in [4.78, 5) is 7.06. The zero-order valence-corrected chi connectivity index (χ0v) is 14.3. The molecule has 0 spiro atoms. The lowest BCUT2D eigenvalue weighted by Crippen LogP contribution is -2.40. The highest BCUT2D eigenvalue weighted by atomic mass is 32.1. The Morgan fingerprint density at radius 2 is 1.84 bits per heavy atom. The summed E-state index contributed by atoms with van der Waals surface area (Å²) in [7, 11) is 2.16. The Balaban J connectivity index is 2.40. The van der Waals surface area contributed by atoms with Gasteiger partial charge in [-0.3, -0.25) is 4.90 Å². The molecule has 1 aromatic heterocycles. The van der Waals surface area contributed by atoms with Crippen molar-refractivity contribution < 1.29 is 0 Å². The molecule has 0 saturated heterocycles. The third kappa shape index (κ3) is 6.50. The molecule has 0 amide bonds. The van der Waals surface area contributed by atoms with Gasteiger partial charge < -0.3 is 5.32 Å². The molecule has 0 aromatic carbocycles. The summed E-state index contributed by atoms with van der Waals surface area (Å²) in [6.07, 6.45) is 0. The molecular weight excluding hydrogens is 254 g/mol. The molecular formula is C15H29N3S. The summed E-state index contributed by atoms with van der Waals surface area (Å²) in [5.41, 5.74) is 1.55. The molecule has 0 unspecified atom stereocenters. The third-order valence-corrected chi connectivity index (χ3v) is 3.71. The molecule has 0 atom stereocenters. The summed E-state index contributed by atoms with van der Waals surface area (Å²) in [5, 5.41) is 6.91. The number of hydrogen-bond acceptors (Lipinski definition) is 4. The summed E-state index contributed by atoms with van der Waals surface area (Å²) in [5.74, 6) is 0. The predicted molar refractivity (Wildman–Crippen MR) is 84.9 cm³/mol. The molecule has 0 aliphatic heterocycles. The van der Waals surface area contributed by atoms with Gasteiger partial charge in [0.25, 0.3) is 0 Å². The number of rotatable bonds is 5. The fourth-order valence-electron chi connectivity index (χ4n) is 1.66. The second kappa shape index (κ2) is 6.33. The lowest BCUT2D eigenvalue weighted by atomic mass is 9.93. The Kier molecular flexibility index (Phi) is 5.53. The van der Waals surface area contributed by atoms with Crippen LogP contribution in [0, 0.1) is 0 Å². The lowest BCUT2D eigenvalue weighted by Gasteiger charge is -2.23. The molecule has 1 N–H and O–H groups in total. The van der Waals surface area contributed by atoms with E-state index < -0.39 is 0 Å². The molecule has 3 nitrogen and oxygen atoms in total. The highest BCUT2D eigenvalue weighted by Gasteiger charge is 2.17. The summed E-state index contributed by atoms with van der Waals surface area (Å²) in [6, 6.07) is 0. The van der Waals surface area contributed by atoms with Crippen molar-refractivity contribution in [2.24, 2.45) is 0 Å². The molecule has 0 bridgehead atoms. The van der Waals surface area contributed by atoms with E-state index in [0.717, 1.165) is 19.6 Å². The fraction of sp³-hybridized carbons (Fsp3) is 0.800. The van der Waals surface area contributed by atoms with E-state index in [1.807, 2.05) is 0 Å². The lowest BCUT2D eigenvalue weighted by molar-refractivity contribution is 0.302. The van der Waals surface area contributed by atoms with E-state index in [1.165, 1.54) is 10.7 Å². The molecule has 110 valence electrons. The molecule has 1 aromatic rings. The van der Waals surface area contributed by atoms with E-state index in [4.69, 9.17) is 4.98 Å². The second-order valence-electron chi connectivity index (χ2n) is 7.29. The van der Waals surface area contributed by atoms with Crippen molar-refractivity contribution >= 4 is 11.3 Å². The van der Waals surface area contributed by atoms with E-state index in [1.54, 1.807) is 11.3 Å². The van der Waals surface area contributed by atoms with Gasteiger partial charge in [-0.2, -0.15) is 0 Å². The summed E-state index contributed by atoms with van der Waals surface area (Å²) in [6.45, 7) is 16.2. The van der Waals surface area contributed by atoms with Gasteiger partial charge in [0.05, 0.1) is 12.2 Å². The van der Waals surface area contributed by atoms with Crippen LogP contribution in [-0.4, -0.2) is 35.6 Å². The Bertz CT molecular complexity index is 385. The maximum Gasteiger partial charge on any atom is 0.107 e. The molecule has 0 aliphatic rings. The minimum Gasteiger partial charge on any atom is -0.311 e. The first kappa shape index (κ1) is 16.6. The van der Waals surface area contributed by atoms with Crippen LogP contribution in [0.4, 0.5) is 0 Å². The number of aromatic nitrogens is 1. The third-order valence-electron chi connectivity index (χ3n) is 2.87. The van der Waals surface area contributed by atoms with Gasteiger partial charge in [-0.05, 0) is 27.8 Å². The first-order valence-corrected chi connectivity index (χ1v) is 7.84. The largest absolute Gasteiger partial charge is 0.311 e. The van der Waals surface area contributed by atoms with Crippen LogP contribution in [0.15, 0.2) is 5.38 Å². The highest BCUT2D eigenvalue weighted by molar-refractivity contribution is 7.09. The molecule has 1 rings (SSSR count). The first-order valence-electron chi connectivity index (χ1n) is 6.96. The smallest absolute Gasteiger partial charge is 0.107 e. The molecule has 0 saturated carbocycles. The van der Waals surface area contributed by atoms with Gasteiger partial charge in [0.15, 0.2) is 0 Å². The van der Waals surface area contributed by atoms with E-state index in [9.17, 15) is 0 Å². The van der Waals surface area contributed by atoms with Crippen molar-refractivity contribution in [2.75, 3.05) is 20.1 Å². The van der Waals surface area contributed by atoms with Crippen molar-refractivity contribution in [3.8, 4) is 0 Å². The summed E-state index contributed by atoms with van der Waals surface area (Å²) < 4.78 is 0. The van der Waals surface area contributed by atoms with E-state index >= 15 is 0 Å². The van der Waals surface area contributed by atoms with Gasteiger partial charge in [-0.1, -0.05) is 20.8 Å². The van der Waals surface area contributed by atoms with Gasteiger partial charge in [-0.25, -0.2) is 4.98 Å². The standard InChI is InChI=1S/C15H29N3S/c1-14(2,3)12-11-19-13(17-12)10-18(7)9-8-16-15(4,5)6/h11,16H,8-10H2,1-7H3. The van der Waals surface area contributed by atoms with E-state index in [0.29, 0.717) is 0 Å². The molecule has 4 heteroatoms. The van der Waals surface area contributed by atoms with Crippen LogP contribution in [-0.2, 0) is 12.0 Å². The average Bonchev–Trinajstić information content (AvgIpc) is 2.63. The monoisotopic (exact) mass is 283 g/mol. The normalized spacial score (nSPS) is 13.3. The predicted octanol–water partition coefficient (Wildman–Crippen LogP) is 3.26. The Labute approximate surface area is 122 Å². The second-order valence-corrected chi connectivity index (χ2v) is 8.23. The van der Waals surface area contributed by atoms with Crippen LogP contribution in [0.5, 0.6) is 0 Å². The van der Waals surface area contributed by atoms with Crippen LogP contribution < -0.4 is 5.32 Å². The van der Waals surface area contributed by atoms with Crippen LogP contribution in [0.1, 0.15) is 52.2 Å². The number of nitrogens with one attached hydrogen (secondary N) is 1. The topological polar surface area (TPSA) is 28.2 Å². The Morgan fingerprint density at radius 1 is 1.21 bits per heavy atom. The minimum atomic E-state index is 0.154. The summed E-state index contributed by atoms with van der Waals surface area (Å²) >= 11 is 1.77. The van der Waals surface area contributed by atoms with E-state index in [2.05, 4.69) is 64.2 Å². The SMILES string of the molecule is CN(CCNC(C)(C)C)Cc1nc(C(C)(C)C)cs1. The number of likely N-dealkylation sites (N-methyl/N-ethyl adjacent to an activating group) is 1. The van der Waals surface area contributed by atoms with Gasteiger partial charge in [0.1, 0.15) is 5.01 Å². The zero-order valence-electron chi connectivity index (χ0n) is 13.5. The average molecular weight is 283 g/mol. The van der Waals surface area contributed by atoms with Gasteiger partial charge in [-0.15, -0.1) is 11.3 Å². The van der Waals surface area contributed by atoms with Crippen molar-refractivity contribution in [3.05, 3.63) is 16.1 Å². The fourth-order valence-corrected chi connectivity index (χ4v) is 2.76. The van der Waals surface area contributed by atoms with Crippen LogP contribution >= 0.6 is 11.3 Å².